The van der Waals surface area contributed by atoms with E-state index in [1.54, 1.807) is 19.9 Å². The molecule has 0 saturated heterocycles. The SMILES string of the molecule is CC1=CC(C)=N/C(=C(/C=N)C(=O)Nc2cccc(C(F)(F)F)c2)N1. The van der Waals surface area contributed by atoms with E-state index >= 15 is 0 Å². The Balaban J connectivity index is 2.29. The molecule has 5 nitrogen and oxygen atoms in total. The van der Waals surface area contributed by atoms with Gasteiger partial charge in [-0.25, -0.2) is 4.99 Å². The number of carbonyl (C=O) groups excluding carboxylic acids is 1. The van der Waals surface area contributed by atoms with Crippen molar-refractivity contribution in [1.29, 1.82) is 5.41 Å². The van der Waals surface area contributed by atoms with Gasteiger partial charge in [-0.2, -0.15) is 13.2 Å². The van der Waals surface area contributed by atoms with E-state index in [2.05, 4.69) is 15.6 Å². The van der Waals surface area contributed by atoms with E-state index in [0.29, 0.717) is 5.71 Å². The van der Waals surface area contributed by atoms with Crippen molar-refractivity contribution in [3.05, 3.63) is 53.0 Å². The van der Waals surface area contributed by atoms with Gasteiger partial charge in [0, 0.05) is 23.3 Å². The van der Waals surface area contributed by atoms with Crippen molar-refractivity contribution in [1.82, 2.24) is 5.32 Å². The second-order valence-electron chi connectivity index (χ2n) is 5.14. The summed E-state index contributed by atoms with van der Waals surface area (Å²) in [5, 5.41) is 12.6. The number of hydrogen-bond acceptors (Lipinski definition) is 4. The van der Waals surface area contributed by atoms with Crippen LogP contribution < -0.4 is 10.6 Å². The van der Waals surface area contributed by atoms with Crippen LogP contribution >= 0.6 is 0 Å². The van der Waals surface area contributed by atoms with Gasteiger partial charge in [0.15, 0.2) is 0 Å². The lowest BCUT2D eigenvalue weighted by atomic mass is 10.1. The Morgan fingerprint density at radius 3 is 2.62 bits per heavy atom. The molecule has 0 bridgehead atoms. The summed E-state index contributed by atoms with van der Waals surface area (Å²) < 4.78 is 38.1. The molecule has 0 aromatic heterocycles. The summed E-state index contributed by atoms with van der Waals surface area (Å²) in [5.41, 5.74) is 0.418. The zero-order valence-electron chi connectivity index (χ0n) is 13.0. The number of nitrogens with zero attached hydrogens (tertiary/aromatic N) is 1. The largest absolute Gasteiger partial charge is 0.416 e. The zero-order chi connectivity index (χ0) is 17.9. The number of aliphatic imine (C=N–C) groups is 1. The number of hydrogen-bond donors (Lipinski definition) is 3. The van der Waals surface area contributed by atoms with Crippen LogP contribution in [0.25, 0.3) is 0 Å². The number of rotatable bonds is 3. The van der Waals surface area contributed by atoms with Crippen LogP contribution in [0, 0.1) is 5.41 Å². The Labute approximate surface area is 136 Å². The van der Waals surface area contributed by atoms with Gasteiger partial charge in [-0.1, -0.05) is 6.07 Å². The van der Waals surface area contributed by atoms with E-state index < -0.39 is 17.6 Å². The molecule has 2 rings (SSSR count). The van der Waals surface area contributed by atoms with E-state index in [9.17, 15) is 18.0 Å². The van der Waals surface area contributed by atoms with Crippen molar-refractivity contribution < 1.29 is 18.0 Å². The van der Waals surface area contributed by atoms with E-state index in [-0.39, 0.29) is 17.1 Å². The van der Waals surface area contributed by atoms with E-state index in [1.165, 1.54) is 12.1 Å². The molecule has 0 fully saturated rings. The number of amides is 1. The van der Waals surface area contributed by atoms with E-state index in [0.717, 1.165) is 24.0 Å². The fourth-order valence-corrected chi connectivity index (χ4v) is 2.11. The molecule has 1 amide bonds. The molecule has 24 heavy (non-hydrogen) atoms. The normalized spacial score (nSPS) is 16.5. The second-order valence-corrected chi connectivity index (χ2v) is 5.14. The van der Waals surface area contributed by atoms with Crippen molar-refractivity contribution in [2.45, 2.75) is 20.0 Å². The van der Waals surface area contributed by atoms with Gasteiger partial charge in [0.05, 0.1) is 11.1 Å². The lowest BCUT2D eigenvalue weighted by Gasteiger charge is -2.16. The second kappa shape index (κ2) is 6.69. The van der Waals surface area contributed by atoms with Crippen molar-refractivity contribution >= 4 is 23.5 Å². The Morgan fingerprint density at radius 2 is 2.04 bits per heavy atom. The van der Waals surface area contributed by atoms with Gasteiger partial charge in [-0.3, -0.25) is 4.79 Å². The molecule has 0 aliphatic carbocycles. The molecule has 1 aromatic rings. The molecule has 1 aliphatic heterocycles. The molecule has 0 atom stereocenters. The summed E-state index contributed by atoms with van der Waals surface area (Å²) in [6, 6.07) is 4.28. The molecule has 3 N–H and O–H groups in total. The van der Waals surface area contributed by atoms with Crippen LogP contribution in [0.1, 0.15) is 19.4 Å². The highest BCUT2D eigenvalue weighted by molar-refractivity contribution is 6.18. The minimum absolute atomic E-state index is 0.0152. The van der Waals surface area contributed by atoms with Gasteiger partial charge in [-0.15, -0.1) is 0 Å². The standard InChI is InChI=1S/C16H15F3N4O/c1-9-6-10(2)22-14(21-9)13(8-20)15(24)23-12-5-3-4-11(7-12)16(17,18)19/h3-8,20-21H,1-2H3,(H,23,24)/b14-13-,20-8?. The fourth-order valence-electron chi connectivity index (χ4n) is 2.11. The Bertz CT molecular complexity index is 776. The van der Waals surface area contributed by atoms with Crippen molar-refractivity contribution in [2.75, 3.05) is 5.32 Å². The maximum Gasteiger partial charge on any atom is 0.416 e. The predicted octanol–water partition coefficient (Wildman–Crippen LogP) is 3.47. The van der Waals surface area contributed by atoms with Gasteiger partial charge >= 0.3 is 6.18 Å². The Hall–Kier alpha value is -2.90. The highest BCUT2D eigenvalue weighted by Gasteiger charge is 2.30. The molecule has 8 heteroatoms. The first-order chi connectivity index (χ1) is 11.2. The molecule has 1 aromatic carbocycles. The first-order valence-corrected chi connectivity index (χ1v) is 6.94. The maximum atomic E-state index is 12.7. The molecular formula is C16H15F3N4O. The smallest absolute Gasteiger partial charge is 0.343 e. The summed E-state index contributed by atoms with van der Waals surface area (Å²) in [5.74, 6) is -0.551. The first-order valence-electron chi connectivity index (χ1n) is 6.94. The lowest BCUT2D eigenvalue weighted by molar-refractivity contribution is -0.137. The summed E-state index contributed by atoms with van der Waals surface area (Å²) >= 11 is 0. The monoisotopic (exact) mass is 336 g/mol. The molecule has 1 heterocycles. The van der Waals surface area contributed by atoms with Gasteiger partial charge in [0.1, 0.15) is 5.82 Å². The minimum Gasteiger partial charge on any atom is -0.343 e. The fraction of sp³-hybridized carbons (Fsp3) is 0.188. The number of nitrogens with one attached hydrogen (secondary N) is 3. The molecular weight excluding hydrogens is 321 g/mol. The van der Waals surface area contributed by atoms with E-state index in [1.807, 2.05) is 0 Å². The molecule has 0 radical (unpaired) electrons. The van der Waals surface area contributed by atoms with Crippen LogP contribution in [0.3, 0.4) is 0 Å². The topological polar surface area (TPSA) is 77.3 Å². The molecule has 126 valence electrons. The highest BCUT2D eigenvalue weighted by atomic mass is 19.4. The average Bonchev–Trinajstić information content (AvgIpc) is 2.46. The van der Waals surface area contributed by atoms with Crippen LogP contribution in [0.4, 0.5) is 18.9 Å². The third-order valence-corrected chi connectivity index (χ3v) is 3.12. The number of halogens is 3. The van der Waals surface area contributed by atoms with Gasteiger partial charge in [0.25, 0.3) is 5.91 Å². The van der Waals surface area contributed by atoms with Crippen LogP contribution in [-0.2, 0) is 11.0 Å². The average molecular weight is 336 g/mol. The number of anilines is 1. The molecule has 0 saturated carbocycles. The maximum absolute atomic E-state index is 12.7. The van der Waals surface area contributed by atoms with Crippen LogP contribution in [-0.4, -0.2) is 17.8 Å². The van der Waals surface area contributed by atoms with Crippen molar-refractivity contribution in [2.24, 2.45) is 4.99 Å². The van der Waals surface area contributed by atoms with Crippen molar-refractivity contribution in [3.63, 3.8) is 0 Å². The zero-order valence-corrected chi connectivity index (χ0v) is 13.0. The van der Waals surface area contributed by atoms with Crippen LogP contribution in [0.5, 0.6) is 0 Å². The summed E-state index contributed by atoms with van der Waals surface area (Å²) in [6.07, 6.45) is -1.94. The van der Waals surface area contributed by atoms with E-state index in [4.69, 9.17) is 5.41 Å². The Morgan fingerprint density at radius 1 is 1.33 bits per heavy atom. The third kappa shape index (κ3) is 4.09. The van der Waals surface area contributed by atoms with Gasteiger partial charge in [0.2, 0.25) is 0 Å². The minimum atomic E-state index is -4.50. The predicted molar refractivity (Wildman–Crippen MR) is 85.9 cm³/mol. The van der Waals surface area contributed by atoms with Crippen molar-refractivity contribution in [3.8, 4) is 0 Å². The Kier molecular flexibility index (Phi) is 4.87. The van der Waals surface area contributed by atoms with Crippen LogP contribution in [0.2, 0.25) is 0 Å². The highest BCUT2D eigenvalue weighted by Crippen LogP contribution is 2.30. The quantitative estimate of drug-likeness (QED) is 0.584. The third-order valence-electron chi connectivity index (χ3n) is 3.12. The number of allylic oxidation sites excluding steroid dienone is 2. The van der Waals surface area contributed by atoms with Gasteiger partial charge < -0.3 is 16.0 Å². The van der Waals surface area contributed by atoms with Gasteiger partial charge in [-0.05, 0) is 38.1 Å². The molecule has 0 unspecified atom stereocenters. The molecule has 0 spiro atoms. The van der Waals surface area contributed by atoms with Crippen LogP contribution in [0.15, 0.2) is 52.4 Å². The summed E-state index contributed by atoms with van der Waals surface area (Å²) in [6.45, 7) is 3.50. The summed E-state index contributed by atoms with van der Waals surface area (Å²) in [7, 11) is 0. The lowest BCUT2D eigenvalue weighted by Crippen LogP contribution is -2.24. The summed E-state index contributed by atoms with van der Waals surface area (Å²) in [4.78, 5) is 16.4. The number of alkyl halides is 3. The number of benzene rings is 1. The number of carbonyl (C=O) groups is 1. The molecule has 1 aliphatic rings. The first kappa shape index (κ1) is 17.5.